The molecule has 2 heterocycles. The normalized spacial score (nSPS) is 23.6. The number of hydrogen-bond acceptors (Lipinski definition) is 3. The summed E-state index contributed by atoms with van der Waals surface area (Å²) >= 11 is 1.88. The van der Waals surface area contributed by atoms with Crippen molar-refractivity contribution in [1.82, 2.24) is 0 Å². The highest BCUT2D eigenvalue weighted by Gasteiger charge is 2.29. The summed E-state index contributed by atoms with van der Waals surface area (Å²) in [5, 5.41) is 9.24. The van der Waals surface area contributed by atoms with Crippen molar-refractivity contribution in [1.29, 1.82) is 0 Å². The van der Waals surface area contributed by atoms with Crippen molar-refractivity contribution in [2.24, 2.45) is 11.8 Å². The highest BCUT2D eigenvalue weighted by molar-refractivity contribution is 7.25. The predicted molar refractivity (Wildman–Crippen MR) is 209 cm³/mol. The maximum Gasteiger partial charge on any atom is 0.137 e. The van der Waals surface area contributed by atoms with Gasteiger partial charge >= 0.3 is 0 Å². The van der Waals surface area contributed by atoms with E-state index in [1.165, 1.54) is 72.5 Å². The first-order valence-corrected chi connectivity index (χ1v) is 18.8. The Morgan fingerprint density at radius 3 is 2.61 bits per heavy atom. The van der Waals surface area contributed by atoms with Crippen LogP contribution >= 0.6 is 11.3 Å². The van der Waals surface area contributed by atoms with Crippen LogP contribution in [0.1, 0.15) is 55.6 Å². The van der Waals surface area contributed by atoms with E-state index in [2.05, 4.69) is 139 Å². The molecule has 4 atom stereocenters. The molecule has 10 rings (SSSR count). The third-order valence-corrected chi connectivity index (χ3v) is 12.6. The number of furan rings is 1. The number of thiophene rings is 1. The fourth-order valence-corrected chi connectivity index (χ4v) is 10.1. The zero-order valence-corrected chi connectivity index (χ0v) is 28.4. The summed E-state index contributed by atoms with van der Waals surface area (Å²) in [6.07, 6.45) is 27.9. The lowest BCUT2D eigenvalue weighted by Gasteiger charge is -2.32. The van der Waals surface area contributed by atoms with Gasteiger partial charge in [-0.25, -0.2) is 0 Å². The van der Waals surface area contributed by atoms with Gasteiger partial charge in [0, 0.05) is 37.2 Å². The van der Waals surface area contributed by atoms with Gasteiger partial charge in [0.05, 0.1) is 11.4 Å². The molecule has 49 heavy (non-hydrogen) atoms. The number of fused-ring (bicyclic) bond motifs is 7. The average molecular weight is 654 g/mol. The summed E-state index contributed by atoms with van der Waals surface area (Å²) in [6, 6.07) is 29.2. The Hall–Kier alpha value is -4.86. The molecule has 0 saturated heterocycles. The molecule has 0 radical (unpaired) electrons. The summed E-state index contributed by atoms with van der Waals surface area (Å²) < 4.78 is 9.29. The molecular weight excluding hydrogens is 615 g/mol. The van der Waals surface area contributed by atoms with Crippen molar-refractivity contribution >= 4 is 64.7 Å². The van der Waals surface area contributed by atoms with E-state index in [9.17, 15) is 0 Å². The predicted octanol–water partition coefficient (Wildman–Crippen LogP) is 13.1. The molecule has 1 N–H and O–H groups in total. The highest BCUT2D eigenvalue weighted by Crippen LogP contribution is 2.46. The van der Waals surface area contributed by atoms with Gasteiger partial charge in [-0.05, 0) is 109 Å². The fourth-order valence-electron chi connectivity index (χ4n) is 9.03. The molecular formula is C46H39NOS. The number of nitrogens with one attached hydrogen (secondary N) is 1. The highest BCUT2D eigenvalue weighted by atomic mass is 32.1. The van der Waals surface area contributed by atoms with E-state index in [1.807, 2.05) is 11.3 Å². The van der Waals surface area contributed by atoms with Crippen LogP contribution in [0.5, 0.6) is 0 Å². The third-order valence-electron chi connectivity index (χ3n) is 11.4. The minimum Gasteiger partial charge on any atom is -0.456 e. The SMILES string of the molecule is C1=CCC(Nc2cccc3oc4cccc(C5CCC=C(C6C=C7C=CC=CC7CC6)C5)c4c23)C(c2ccc3sc4ccccc4c3c2)=C1. The first-order valence-electron chi connectivity index (χ1n) is 18.0. The van der Waals surface area contributed by atoms with Crippen LogP contribution in [0.3, 0.4) is 0 Å². The summed E-state index contributed by atoms with van der Waals surface area (Å²) in [5.41, 5.74) is 10.3. The van der Waals surface area contributed by atoms with Crippen molar-refractivity contribution in [2.45, 2.75) is 50.5 Å². The lowest BCUT2D eigenvalue weighted by molar-refractivity contribution is 0.486. The number of allylic oxidation sites excluding steroid dienone is 10. The molecule has 4 unspecified atom stereocenters. The lowest BCUT2D eigenvalue weighted by atomic mass is 9.72. The third kappa shape index (κ3) is 5.06. The van der Waals surface area contributed by atoms with Crippen LogP contribution in [0, 0.1) is 11.8 Å². The van der Waals surface area contributed by atoms with E-state index in [0.29, 0.717) is 17.8 Å². The first-order chi connectivity index (χ1) is 24.3. The summed E-state index contributed by atoms with van der Waals surface area (Å²) in [4.78, 5) is 0. The summed E-state index contributed by atoms with van der Waals surface area (Å²) in [7, 11) is 0. The van der Waals surface area contributed by atoms with Crippen LogP contribution < -0.4 is 5.32 Å². The van der Waals surface area contributed by atoms with Crippen LogP contribution in [-0.4, -0.2) is 6.04 Å². The Bertz CT molecular complexity index is 2460. The van der Waals surface area contributed by atoms with Crippen molar-refractivity contribution < 1.29 is 4.42 Å². The smallest absolute Gasteiger partial charge is 0.137 e. The Morgan fingerprint density at radius 2 is 1.63 bits per heavy atom. The number of benzene rings is 4. The Labute approximate surface area is 291 Å². The molecule has 0 amide bonds. The summed E-state index contributed by atoms with van der Waals surface area (Å²) in [6.45, 7) is 0. The second kappa shape index (κ2) is 11.9. The van der Waals surface area contributed by atoms with Crippen LogP contribution in [-0.2, 0) is 0 Å². The van der Waals surface area contributed by atoms with Crippen molar-refractivity contribution in [3.8, 4) is 0 Å². The quantitative estimate of drug-likeness (QED) is 0.187. The molecule has 0 bridgehead atoms. The molecule has 3 heteroatoms. The maximum absolute atomic E-state index is 6.60. The molecule has 6 aromatic rings. The molecule has 4 aliphatic carbocycles. The molecule has 0 spiro atoms. The minimum absolute atomic E-state index is 0.158. The van der Waals surface area contributed by atoms with E-state index >= 15 is 0 Å². The second-order valence-corrected chi connectivity index (χ2v) is 15.3. The summed E-state index contributed by atoms with van der Waals surface area (Å²) in [5.74, 6) is 1.64. The van der Waals surface area contributed by atoms with Crippen molar-refractivity contribution in [3.05, 3.63) is 156 Å². The van der Waals surface area contributed by atoms with E-state index in [4.69, 9.17) is 4.42 Å². The molecule has 0 aliphatic heterocycles. The van der Waals surface area contributed by atoms with Crippen LogP contribution in [0.4, 0.5) is 5.69 Å². The number of rotatable bonds is 5. The zero-order chi connectivity index (χ0) is 32.3. The topological polar surface area (TPSA) is 25.2 Å². The molecule has 4 aromatic carbocycles. The molecule has 240 valence electrons. The Morgan fingerprint density at radius 1 is 0.755 bits per heavy atom. The average Bonchev–Trinajstić information content (AvgIpc) is 3.74. The standard InChI is InChI=1S/C46H39NOS/c1-2-11-30-26-32(23-22-29(30)10-1)31-12-7-13-33(27-31)36-16-8-19-41-45(36)46-40(18-9-20-42(46)48-41)47-39-17-5-3-14-35(39)34-24-25-44-38(28-34)37-15-4-6-21-43(37)49-44/h1-6,8-12,14-16,18-21,24-26,28-29,32-33,39,47H,7,13,17,22-23,27H2. The van der Waals surface area contributed by atoms with E-state index in [0.717, 1.165) is 36.1 Å². The van der Waals surface area contributed by atoms with Gasteiger partial charge in [-0.15, -0.1) is 11.3 Å². The van der Waals surface area contributed by atoms with E-state index < -0.39 is 0 Å². The Balaban J connectivity index is 0.999. The van der Waals surface area contributed by atoms with E-state index in [1.54, 1.807) is 5.57 Å². The minimum atomic E-state index is 0.158. The van der Waals surface area contributed by atoms with E-state index in [-0.39, 0.29) is 6.04 Å². The molecule has 2 nitrogen and oxygen atoms in total. The van der Waals surface area contributed by atoms with Gasteiger partial charge in [-0.3, -0.25) is 0 Å². The van der Waals surface area contributed by atoms with Crippen LogP contribution in [0.15, 0.2) is 149 Å². The van der Waals surface area contributed by atoms with Gasteiger partial charge in [0.1, 0.15) is 11.2 Å². The molecule has 4 aliphatic rings. The Kier molecular flexibility index (Phi) is 7.08. The second-order valence-electron chi connectivity index (χ2n) is 14.3. The molecule has 0 fully saturated rings. The van der Waals surface area contributed by atoms with Gasteiger partial charge in [0.2, 0.25) is 0 Å². The molecule has 0 saturated carbocycles. The number of anilines is 1. The number of hydrogen-bond donors (Lipinski definition) is 1. The van der Waals surface area contributed by atoms with Crippen molar-refractivity contribution in [2.75, 3.05) is 5.32 Å². The van der Waals surface area contributed by atoms with Gasteiger partial charge < -0.3 is 9.73 Å². The first kappa shape index (κ1) is 29.1. The largest absolute Gasteiger partial charge is 0.456 e. The van der Waals surface area contributed by atoms with Crippen LogP contribution in [0.25, 0.3) is 47.7 Å². The van der Waals surface area contributed by atoms with Crippen molar-refractivity contribution in [3.63, 3.8) is 0 Å². The van der Waals surface area contributed by atoms with Gasteiger partial charge in [-0.2, -0.15) is 0 Å². The van der Waals surface area contributed by atoms with Gasteiger partial charge in [0.15, 0.2) is 0 Å². The maximum atomic E-state index is 6.60. The molecule has 2 aromatic heterocycles. The van der Waals surface area contributed by atoms with Crippen LogP contribution in [0.2, 0.25) is 0 Å². The monoisotopic (exact) mass is 653 g/mol. The fraction of sp³-hybridized carbons (Fsp3) is 0.217. The lowest BCUT2D eigenvalue weighted by Crippen LogP contribution is -2.22. The zero-order valence-electron chi connectivity index (χ0n) is 27.6. The van der Waals surface area contributed by atoms with Gasteiger partial charge in [-0.1, -0.05) is 103 Å². The van der Waals surface area contributed by atoms with Gasteiger partial charge in [0.25, 0.3) is 0 Å².